The minimum absolute atomic E-state index is 0.262. The highest BCUT2D eigenvalue weighted by molar-refractivity contribution is 5.92. The fourth-order valence-electron chi connectivity index (χ4n) is 2.43. The van der Waals surface area contributed by atoms with E-state index in [1.54, 1.807) is 12.1 Å². The quantitative estimate of drug-likeness (QED) is 0.617. The van der Waals surface area contributed by atoms with Gasteiger partial charge in [-0.2, -0.15) is 0 Å². The highest BCUT2D eigenvalue weighted by Crippen LogP contribution is 2.09. The largest absolute Gasteiger partial charge is 0.491 e. The number of aliphatic hydroxyl groups is 1. The number of nitrogens with one attached hydrogen (secondary N) is 1. The number of carbonyl (C=O) groups excluding carboxylic acids is 1. The van der Waals surface area contributed by atoms with Gasteiger partial charge in [-0.15, -0.1) is 0 Å². The SMILES string of the molecule is C[C@@H](CCc1ccc(C(N)=O)cc1)NCC(O)COc1ccccc1. The van der Waals surface area contributed by atoms with Crippen LogP contribution in [0.25, 0.3) is 0 Å². The first-order chi connectivity index (χ1) is 12.0. The molecular formula is C20H26N2O3. The van der Waals surface area contributed by atoms with Crippen LogP contribution in [0.15, 0.2) is 54.6 Å². The van der Waals surface area contributed by atoms with Gasteiger partial charge in [0, 0.05) is 18.2 Å². The molecule has 0 spiro atoms. The molecule has 0 aliphatic heterocycles. The van der Waals surface area contributed by atoms with Crippen molar-refractivity contribution in [2.24, 2.45) is 5.73 Å². The van der Waals surface area contributed by atoms with Gasteiger partial charge < -0.3 is 20.9 Å². The molecule has 0 radical (unpaired) electrons. The fraction of sp³-hybridized carbons (Fsp3) is 0.350. The highest BCUT2D eigenvalue weighted by Gasteiger charge is 2.09. The number of benzene rings is 2. The van der Waals surface area contributed by atoms with Crippen molar-refractivity contribution in [2.45, 2.75) is 31.9 Å². The van der Waals surface area contributed by atoms with E-state index in [0.717, 1.165) is 24.2 Å². The molecule has 0 heterocycles. The van der Waals surface area contributed by atoms with E-state index in [4.69, 9.17) is 10.5 Å². The molecular weight excluding hydrogens is 316 g/mol. The fourth-order valence-corrected chi connectivity index (χ4v) is 2.43. The van der Waals surface area contributed by atoms with Gasteiger partial charge in [0.1, 0.15) is 18.5 Å². The maximum atomic E-state index is 11.0. The molecule has 0 saturated carbocycles. The molecule has 0 bridgehead atoms. The molecule has 1 amide bonds. The summed E-state index contributed by atoms with van der Waals surface area (Å²) in [6.07, 6.45) is 1.27. The van der Waals surface area contributed by atoms with Crippen LogP contribution in [0.1, 0.15) is 29.3 Å². The van der Waals surface area contributed by atoms with Gasteiger partial charge in [0.05, 0.1) is 0 Å². The van der Waals surface area contributed by atoms with Crippen LogP contribution in [-0.2, 0) is 6.42 Å². The molecule has 4 N–H and O–H groups in total. The van der Waals surface area contributed by atoms with Gasteiger partial charge in [-0.1, -0.05) is 30.3 Å². The molecule has 0 saturated heterocycles. The standard InChI is InChI=1S/C20H26N2O3/c1-15(7-8-16-9-11-17(12-10-16)20(21)24)22-13-18(23)14-25-19-5-3-2-4-6-19/h2-6,9-12,15,18,22-23H,7-8,13-14H2,1H3,(H2,21,24)/t15-,18?/m0/s1. The van der Waals surface area contributed by atoms with Crippen LogP contribution >= 0.6 is 0 Å². The number of primary amides is 1. The molecule has 0 fully saturated rings. The summed E-state index contributed by atoms with van der Waals surface area (Å²) in [7, 11) is 0. The number of carbonyl (C=O) groups is 1. The van der Waals surface area contributed by atoms with Crippen molar-refractivity contribution < 1.29 is 14.6 Å². The number of hydrogen-bond acceptors (Lipinski definition) is 4. The number of hydrogen-bond donors (Lipinski definition) is 3. The first-order valence-corrected chi connectivity index (χ1v) is 8.52. The van der Waals surface area contributed by atoms with Crippen LogP contribution in [0.5, 0.6) is 5.75 Å². The Hall–Kier alpha value is -2.37. The molecule has 1 unspecified atom stereocenters. The molecule has 2 rings (SSSR count). The van der Waals surface area contributed by atoms with Crippen molar-refractivity contribution in [3.8, 4) is 5.75 Å². The van der Waals surface area contributed by atoms with Crippen molar-refractivity contribution in [3.63, 3.8) is 0 Å². The Kier molecular flexibility index (Phi) is 7.44. The third kappa shape index (κ3) is 6.95. The number of amides is 1. The molecule has 2 atom stereocenters. The van der Waals surface area contributed by atoms with Crippen molar-refractivity contribution in [1.82, 2.24) is 5.32 Å². The van der Waals surface area contributed by atoms with Crippen LogP contribution in [0.4, 0.5) is 0 Å². The Labute approximate surface area is 148 Å². The number of ether oxygens (including phenoxy) is 1. The lowest BCUT2D eigenvalue weighted by Gasteiger charge is -2.17. The predicted octanol–water partition coefficient (Wildman–Crippen LogP) is 2.14. The van der Waals surface area contributed by atoms with Crippen LogP contribution in [-0.4, -0.2) is 36.3 Å². The van der Waals surface area contributed by atoms with E-state index in [-0.39, 0.29) is 12.6 Å². The molecule has 5 heteroatoms. The molecule has 0 aromatic heterocycles. The van der Waals surface area contributed by atoms with Gasteiger partial charge in [-0.05, 0) is 49.6 Å². The highest BCUT2D eigenvalue weighted by atomic mass is 16.5. The van der Waals surface area contributed by atoms with Gasteiger partial charge in [0.2, 0.25) is 5.91 Å². The summed E-state index contributed by atoms with van der Waals surface area (Å²) in [4.78, 5) is 11.0. The summed E-state index contributed by atoms with van der Waals surface area (Å²) in [5.74, 6) is 0.349. The maximum Gasteiger partial charge on any atom is 0.248 e. The van der Waals surface area contributed by atoms with Gasteiger partial charge in [-0.3, -0.25) is 4.79 Å². The van der Waals surface area contributed by atoms with Crippen molar-refractivity contribution >= 4 is 5.91 Å². The summed E-state index contributed by atoms with van der Waals surface area (Å²) in [6.45, 7) is 2.83. The van der Waals surface area contributed by atoms with E-state index in [9.17, 15) is 9.90 Å². The lowest BCUT2D eigenvalue weighted by molar-refractivity contribution is 0.1000. The Morgan fingerprint density at radius 3 is 2.48 bits per heavy atom. The first-order valence-electron chi connectivity index (χ1n) is 8.52. The van der Waals surface area contributed by atoms with E-state index in [1.807, 2.05) is 42.5 Å². The van der Waals surface area contributed by atoms with Crippen molar-refractivity contribution in [3.05, 3.63) is 65.7 Å². The number of aliphatic hydroxyl groups excluding tert-OH is 1. The van der Waals surface area contributed by atoms with Crippen molar-refractivity contribution in [2.75, 3.05) is 13.2 Å². The zero-order chi connectivity index (χ0) is 18.1. The van der Waals surface area contributed by atoms with Crippen LogP contribution in [0, 0.1) is 0 Å². The third-order valence-corrected chi connectivity index (χ3v) is 3.99. The van der Waals surface area contributed by atoms with Crippen LogP contribution in [0.3, 0.4) is 0 Å². The Bertz CT molecular complexity index is 644. The summed E-state index contributed by atoms with van der Waals surface area (Å²) >= 11 is 0. The van der Waals surface area contributed by atoms with Gasteiger partial charge in [0.25, 0.3) is 0 Å². The second-order valence-corrected chi connectivity index (χ2v) is 6.19. The summed E-state index contributed by atoms with van der Waals surface area (Å²) in [5, 5.41) is 13.3. The summed E-state index contributed by atoms with van der Waals surface area (Å²) in [6, 6.07) is 17.1. The minimum atomic E-state index is -0.558. The second kappa shape index (κ2) is 9.81. The normalized spacial score (nSPS) is 13.2. The van der Waals surface area contributed by atoms with E-state index in [1.165, 1.54) is 0 Å². The third-order valence-electron chi connectivity index (χ3n) is 3.99. The van der Waals surface area contributed by atoms with E-state index >= 15 is 0 Å². The number of nitrogens with two attached hydrogens (primary N) is 1. The molecule has 25 heavy (non-hydrogen) atoms. The van der Waals surface area contributed by atoms with E-state index in [0.29, 0.717) is 12.1 Å². The summed E-state index contributed by atoms with van der Waals surface area (Å²) < 4.78 is 5.53. The van der Waals surface area contributed by atoms with Crippen LogP contribution in [0.2, 0.25) is 0 Å². The predicted molar refractivity (Wildman–Crippen MR) is 98.7 cm³/mol. The maximum absolute atomic E-state index is 11.0. The Morgan fingerprint density at radius 1 is 1.16 bits per heavy atom. The average Bonchev–Trinajstić information content (AvgIpc) is 2.64. The summed E-state index contributed by atoms with van der Waals surface area (Å²) in [5.41, 5.74) is 6.92. The Balaban J connectivity index is 1.64. The lowest BCUT2D eigenvalue weighted by Crippen LogP contribution is -2.36. The Morgan fingerprint density at radius 2 is 1.84 bits per heavy atom. The first kappa shape index (κ1) is 19.0. The topological polar surface area (TPSA) is 84.6 Å². The van der Waals surface area contributed by atoms with Gasteiger partial charge >= 0.3 is 0 Å². The molecule has 134 valence electrons. The van der Waals surface area contributed by atoms with Gasteiger partial charge in [-0.25, -0.2) is 0 Å². The zero-order valence-electron chi connectivity index (χ0n) is 14.5. The molecule has 0 aliphatic carbocycles. The second-order valence-electron chi connectivity index (χ2n) is 6.19. The number of aryl methyl sites for hydroxylation is 1. The average molecular weight is 342 g/mol. The smallest absolute Gasteiger partial charge is 0.248 e. The van der Waals surface area contributed by atoms with Gasteiger partial charge in [0.15, 0.2) is 0 Å². The molecule has 2 aromatic carbocycles. The van der Waals surface area contributed by atoms with E-state index in [2.05, 4.69) is 12.2 Å². The molecule has 2 aromatic rings. The number of para-hydroxylation sites is 1. The molecule has 0 aliphatic rings. The van der Waals surface area contributed by atoms with E-state index < -0.39 is 12.0 Å². The van der Waals surface area contributed by atoms with Crippen LogP contribution < -0.4 is 15.8 Å². The zero-order valence-corrected chi connectivity index (χ0v) is 14.5. The minimum Gasteiger partial charge on any atom is -0.491 e. The van der Waals surface area contributed by atoms with Crippen molar-refractivity contribution in [1.29, 1.82) is 0 Å². The molecule has 5 nitrogen and oxygen atoms in total. The monoisotopic (exact) mass is 342 g/mol. The lowest BCUT2D eigenvalue weighted by atomic mass is 10.0. The number of rotatable bonds is 10.